The van der Waals surface area contributed by atoms with Gasteiger partial charge in [-0.25, -0.2) is 9.37 Å². The first-order valence-electron chi connectivity index (χ1n) is 17.1. The lowest BCUT2D eigenvalue weighted by Gasteiger charge is -2.63. The summed E-state index contributed by atoms with van der Waals surface area (Å²) >= 11 is 0. The average Bonchev–Trinajstić information content (AvgIpc) is 3.61. The Kier molecular flexibility index (Phi) is 7.53. The van der Waals surface area contributed by atoms with Gasteiger partial charge < -0.3 is 20.2 Å². The van der Waals surface area contributed by atoms with Gasteiger partial charge >= 0.3 is 0 Å². The third-order valence-corrected chi connectivity index (χ3v) is 11.7. The molecule has 3 aliphatic carbocycles. The molecular formula is C41H44FN5. The molecule has 3 N–H and O–H groups in total. The Balaban J connectivity index is 1.05. The topological polar surface area (TPSA) is 60.8 Å². The van der Waals surface area contributed by atoms with Crippen molar-refractivity contribution in [3.8, 4) is 11.1 Å². The van der Waals surface area contributed by atoms with E-state index >= 15 is 0 Å². The van der Waals surface area contributed by atoms with Crippen LogP contribution in [0.1, 0.15) is 49.2 Å². The van der Waals surface area contributed by atoms with E-state index in [4.69, 9.17) is 10.7 Å². The van der Waals surface area contributed by atoms with Crippen molar-refractivity contribution in [1.82, 2.24) is 19.4 Å². The second kappa shape index (κ2) is 11.8. The first-order valence-corrected chi connectivity index (χ1v) is 17.1. The van der Waals surface area contributed by atoms with Crippen LogP contribution in [-0.2, 0) is 33.1 Å². The monoisotopic (exact) mass is 625 g/mol. The van der Waals surface area contributed by atoms with Gasteiger partial charge in [0.05, 0.1) is 17.6 Å². The van der Waals surface area contributed by atoms with Crippen molar-refractivity contribution in [2.75, 3.05) is 0 Å². The number of hydrogen-bond acceptors (Lipinski definition) is 3. The molecule has 47 heavy (non-hydrogen) atoms. The Morgan fingerprint density at radius 3 is 2.49 bits per heavy atom. The molecule has 0 amide bonds. The summed E-state index contributed by atoms with van der Waals surface area (Å²) < 4.78 is 18.1. The molecule has 4 atom stereocenters. The summed E-state index contributed by atoms with van der Waals surface area (Å²) in [6, 6.07) is 31.2. The minimum absolute atomic E-state index is 0.208. The highest BCUT2D eigenvalue weighted by Gasteiger charge is 2.57. The van der Waals surface area contributed by atoms with E-state index in [1.807, 2.05) is 12.1 Å². The van der Waals surface area contributed by atoms with Gasteiger partial charge in [-0.05, 0) is 95.0 Å². The molecule has 1 unspecified atom stereocenters. The molecule has 240 valence electrons. The zero-order valence-corrected chi connectivity index (χ0v) is 27.6. The van der Waals surface area contributed by atoms with Gasteiger partial charge in [0.1, 0.15) is 11.6 Å². The maximum atomic E-state index is 13.5. The van der Waals surface area contributed by atoms with E-state index in [-0.39, 0.29) is 5.82 Å². The number of imidazole rings is 1. The summed E-state index contributed by atoms with van der Waals surface area (Å²) in [4.78, 5) is 5.11. The fraction of sp³-hybridized carbons (Fsp3) is 0.341. The van der Waals surface area contributed by atoms with Gasteiger partial charge in [0.15, 0.2) is 0 Å². The molecule has 5 nitrogen and oxygen atoms in total. The predicted molar refractivity (Wildman–Crippen MR) is 189 cm³/mol. The second-order valence-electron chi connectivity index (χ2n) is 14.5. The molecule has 0 radical (unpaired) electrons. The zero-order valence-electron chi connectivity index (χ0n) is 27.6. The van der Waals surface area contributed by atoms with Crippen LogP contribution in [0.25, 0.3) is 33.1 Å². The number of hydrogen-bond donors (Lipinski definition) is 2. The van der Waals surface area contributed by atoms with Gasteiger partial charge in [0, 0.05) is 48.8 Å². The molecule has 0 aliphatic heterocycles. The van der Waals surface area contributed by atoms with Crippen LogP contribution in [0.4, 0.5) is 4.39 Å². The number of aryl methyl sites for hydroxylation is 1. The van der Waals surface area contributed by atoms with Crippen molar-refractivity contribution in [3.05, 3.63) is 126 Å². The van der Waals surface area contributed by atoms with Crippen molar-refractivity contribution < 1.29 is 4.39 Å². The summed E-state index contributed by atoms with van der Waals surface area (Å²) in [5.74, 6) is 2.87. The molecule has 2 bridgehead atoms. The van der Waals surface area contributed by atoms with Crippen molar-refractivity contribution >= 4 is 21.9 Å². The van der Waals surface area contributed by atoms with Crippen molar-refractivity contribution in [1.29, 1.82) is 0 Å². The van der Waals surface area contributed by atoms with E-state index in [1.165, 1.54) is 58.1 Å². The van der Waals surface area contributed by atoms with E-state index < -0.39 is 0 Å². The number of nitrogens with two attached hydrogens (primary N) is 1. The fourth-order valence-corrected chi connectivity index (χ4v) is 8.91. The van der Waals surface area contributed by atoms with Crippen molar-refractivity contribution in [3.63, 3.8) is 0 Å². The number of benzene rings is 4. The molecule has 0 spiro atoms. The van der Waals surface area contributed by atoms with Gasteiger partial charge in [-0.1, -0.05) is 74.5 Å². The van der Waals surface area contributed by atoms with Gasteiger partial charge in [0.25, 0.3) is 0 Å². The highest BCUT2D eigenvalue weighted by Crippen LogP contribution is 2.62. The predicted octanol–water partition coefficient (Wildman–Crippen LogP) is 8.22. The van der Waals surface area contributed by atoms with E-state index in [1.54, 1.807) is 0 Å². The number of nitrogens with one attached hydrogen (secondary N) is 1. The van der Waals surface area contributed by atoms with E-state index in [2.05, 4.69) is 108 Å². The maximum Gasteiger partial charge on any atom is 0.123 e. The van der Waals surface area contributed by atoms with E-state index in [0.717, 1.165) is 41.4 Å². The minimum atomic E-state index is -0.208. The number of fused-ring (bicyclic) bond motifs is 4. The maximum absolute atomic E-state index is 13.5. The van der Waals surface area contributed by atoms with Gasteiger partial charge in [0.2, 0.25) is 0 Å². The number of rotatable bonds is 9. The number of nitrogens with zero attached hydrogens (tertiary/aromatic N) is 3. The van der Waals surface area contributed by atoms with Crippen LogP contribution in [0.3, 0.4) is 0 Å². The lowest BCUT2D eigenvalue weighted by Crippen LogP contribution is -2.61. The quantitative estimate of drug-likeness (QED) is 0.170. The third kappa shape index (κ3) is 5.28. The van der Waals surface area contributed by atoms with Crippen LogP contribution in [0, 0.1) is 29.0 Å². The lowest BCUT2D eigenvalue weighted by atomic mass is 9.44. The average molecular weight is 626 g/mol. The highest BCUT2D eigenvalue weighted by atomic mass is 19.1. The first-order chi connectivity index (χ1) is 22.8. The fourth-order valence-electron chi connectivity index (χ4n) is 8.91. The lowest BCUT2D eigenvalue weighted by molar-refractivity contribution is -0.120. The minimum Gasteiger partial charge on any atom is -0.343 e. The molecule has 9 rings (SSSR count). The van der Waals surface area contributed by atoms with E-state index in [9.17, 15) is 4.39 Å². The summed E-state index contributed by atoms with van der Waals surface area (Å²) in [6.07, 6.45) is 5.75. The second-order valence-corrected chi connectivity index (χ2v) is 14.5. The Bertz CT molecular complexity index is 2060. The SMILES string of the molecule is Cn1c(CNC2C[C@@H]3C[C@H]([C@H]2Cc2ccc4c(c2)c(CN)cn4Cc2ccc(F)cc2)C3(C)C)nc2cccc(-c3ccccc3)c21. The normalized spacial score (nSPS) is 21.7. The molecule has 6 aromatic rings. The Hall–Kier alpha value is -4.26. The molecule has 3 fully saturated rings. The van der Waals surface area contributed by atoms with Crippen LogP contribution in [0.5, 0.6) is 0 Å². The smallest absolute Gasteiger partial charge is 0.123 e. The van der Waals surface area contributed by atoms with Crippen LogP contribution >= 0.6 is 0 Å². The van der Waals surface area contributed by atoms with Crippen LogP contribution in [-0.4, -0.2) is 20.2 Å². The molecular weight excluding hydrogens is 581 g/mol. The Morgan fingerprint density at radius 1 is 0.936 bits per heavy atom. The van der Waals surface area contributed by atoms with Gasteiger partial charge in [-0.2, -0.15) is 0 Å². The summed E-state index contributed by atoms with van der Waals surface area (Å²) in [5.41, 5.74) is 16.1. The standard InChI is InChI=1S/C41H44FN5/c1-41(2)30-20-35(41)34(19-27-14-17-38-33(18-27)29(22-43)25-47(38)24-26-12-15-31(42)16-13-26)37(21-30)44-23-39-45-36-11-7-10-32(40(36)46(39)3)28-8-5-4-6-9-28/h4-18,25,30,34-35,37,44H,19-24,43H2,1-3H3/t30-,34+,35+,37?/m0/s1. The largest absolute Gasteiger partial charge is 0.343 e. The number of halogens is 1. The van der Waals surface area contributed by atoms with Gasteiger partial charge in [-0.15, -0.1) is 0 Å². The molecule has 2 heterocycles. The van der Waals surface area contributed by atoms with Crippen molar-refractivity contribution in [2.24, 2.45) is 36.0 Å². The summed E-state index contributed by atoms with van der Waals surface area (Å²) in [7, 11) is 2.16. The molecule has 3 saturated carbocycles. The molecule has 3 aliphatic rings. The van der Waals surface area contributed by atoms with Crippen LogP contribution < -0.4 is 11.1 Å². The Morgan fingerprint density at radius 2 is 1.72 bits per heavy atom. The highest BCUT2D eigenvalue weighted by molar-refractivity contribution is 5.92. The molecule has 4 aromatic carbocycles. The Labute approximate surface area is 276 Å². The summed E-state index contributed by atoms with van der Waals surface area (Å²) in [5, 5.41) is 5.26. The molecule has 2 aromatic heterocycles. The number of para-hydroxylation sites is 1. The number of aromatic nitrogens is 3. The third-order valence-electron chi connectivity index (χ3n) is 11.7. The summed E-state index contributed by atoms with van der Waals surface area (Å²) in [6.45, 7) is 6.90. The zero-order chi connectivity index (χ0) is 32.3. The van der Waals surface area contributed by atoms with Crippen LogP contribution in [0.2, 0.25) is 0 Å². The van der Waals surface area contributed by atoms with E-state index in [0.29, 0.717) is 36.4 Å². The van der Waals surface area contributed by atoms with Crippen LogP contribution in [0.15, 0.2) is 97.2 Å². The molecule has 0 saturated heterocycles. The molecule has 6 heteroatoms. The van der Waals surface area contributed by atoms with Gasteiger partial charge in [-0.3, -0.25) is 0 Å². The first kappa shape index (κ1) is 30.1. The van der Waals surface area contributed by atoms with Crippen molar-refractivity contribution in [2.45, 2.75) is 58.8 Å².